The second-order valence-electron chi connectivity index (χ2n) is 9.51. The fourth-order valence-corrected chi connectivity index (χ4v) is 5.15. The molecule has 0 saturated heterocycles. The minimum atomic E-state index is -0.491. The molecule has 0 saturated carbocycles. The van der Waals surface area contributed by atoms with E-state index in [0.29, 0.717) is 22.5 Å². The van der Waals surface area contributed by atoms with E-state index in [2.05, 4.69) is 0 Å². The monoisotopic (exact) mass is 546 g/mol. The van der Waals surface area contributed by atoms with E-state index in [1.165, 1.54) is 9.80 Å². The Morgan fingerprint density at radius 2 is 0.927 bits per heavy atom. The molecule has 0 bridgehead atoms. The van der Waals surface area contributed by atoms with Gasteiger partial charge in [-0.05, 0) is 38.1 Å². The van der Waals surface area contributed by atoms with Crippen LogP contribution in [-0.2, 0) is 13.1 Å². The average molecular weight is 547 g/mol. The first kappa shape index (κ1) is 27.3. The Morgan fingerprint density at radius 3 is 1.27 bits per heavy atom. The number of para-hydroxylation sites is 2. The third-order valence-electron chi connectivity index (χ3n) is 7.29. The molecule has 8 heteroatoms. The van der Waals surface area contributed by atoms with Crippen molar-refractivity contribution in [3.63, 3.8) is 0 Å². The molecule has 8 nitrogen and oxygen atoms in total. The highest BCUT2D eigenvalue weighted by Crippen LogP contribution is 2.43. The topological polar surface area (TPSA) is 82.5 Å². The average Bonchev–Trinajstić information content (AvgIpc) is 3.46. The molecule has 2 aromatic heterocycles. The molecule has 0 fully saturated rings. The van der Waals surface area contributed by atoms with Crippen molar-refractivity contribution < 1.29 is 28.3 Å². The fourth-order valence-electron chi connectivity index (χ4n) is 5.15. The van der Waals surface area contributed by atoms with Crippen LogP contribution in [-0.4, -0.2) is 23.4 Å². The summed E-state index contributed by atoms with van der Waals surface area (Å²) in [5, 5.41) is 0. The summed E-state index contributed by atoms with van der Waals surface area (Å²) in [7, 11) is 0. The number of rotatable bonds is 4. The van der Waals surface area contributed by atoms with Crippen LogP contribution >= 0.6 is 0 Å². The minimum Gasteiger partial charge on any atom is -0.287 e. The summed E-state index contributed by atoms with van der Waals surface area (Å²) < 4.78 is 3.83. The largest absolute Gasteiger partial charge is 0.287 e. The molecule has 204 valence electrons. The first-order valence-corrected chi connectivity index (χ1v) is 13.1. The Morgan fingerprint density at radius 1 is 0.585 bits per heavy atom. The predicted octanol–water partition coefficient (Wildman–Crippen LogP) is 4.54. The van der Waals surface area contributed by atoms with E-state index in [9.17, 15) is 19.2 Å². The van der Waals surface area contributed by atoms with E-state index in [4.69, 9.17) is 0 Å². The lowest BCUT2D eigenvalue weighted by Crippen LogP contribution is -2.38. The highest BCUT2D eigenvalue weighted by molar-refractivity contribution is 6.35. The zero-order valence-corrected chi connectivity index (χ0v) is 22.1. The number of ketones is 2. The zero-order valence-electron chi connectivity index (χ0n) is 22.1. The number of fused-ring (bicyclic) bond motifs is 2. The maximum atomic E-state index is 14.0. The van der Waals surface area contributed by atoms with Crippen molar-refractivity contribution in [2.24, 2.45) is 0 Å². The molecule has 2 aromatic carbocycles. The van der Waals surface area contributed by atoms with Crippen molar-refractivity contribution in [3.05, 3.63) is 131 Å². The Hall–Kier alpha value is -5.24. The van der Waals surface area contributed by atoms with Gasteiger partial charge in [-0.2, -0.15) is 0 Å². The van der Waals surface area contributed by atoms with Crippen LogP contribution in [0.15, 0.2) is 109 Å². The molecule has 2 aliphatic rings. The Bertz CT molecular complexity index is 1610. The molecule has 0 radical (unpaired) electrons. The first-order valence-electron chi connectivity index (χ1n) is 13.1. The van der Waals surface area contributed by atoms with E-state index in [1.807, 2.05) is 23.0 Å². The Kier molecular flexibility index (Phi) is 7.15. The third kappa shape index (κ3) is 4.34. The maximum absolute atomic E-state index is 14.0. The lowest BCUT2D eigenvalue weighted by Gasteiger charge is -2.24. The number of aromatic nitrogens is 2. The van der Waals surface area contributed by atoms with E-state index >= 15 is 0 Å². The first-order chi connectivity index (χ1) is 19.4. The van der Waals surface area contributed by atoms with Crippen LogP contribution in [0, 0.1) is 0 Å². The van der Waals surface area contributed by atoms with Gasteiger partial charge in [0.15, 0.2) is 24.8 Å². The molecule has 6 rings (SSSR count). The molecule has 0 atom stereocenters. The number of aryl methyl sites for hydroxylation is 2. The van der Waals surface area contributed by atoms with Crippen LogP contribution < -0.4 is 18.9 Å². The van der Waals surface area contributed by atoms with Gasteiger partial charge in [-0.1, -0.05) is 31.7 Å². The van der Waals surface area contributed by atoms with E-state index in [0.717, 1.165) is 13.1 Å². The minimum absolute atomic E-state index is 0. The van der Waals surface area contributed by atoms with Crippen molar-refractivity contribution in [3.8, 4) is 0 Å². The van der Waals surface area contributed by atoms with Gasteiger partial charge in [0, 0.05) is 35.4 Å². The molecule has 41 heavy (non-hydrogen) atoms. The van der Waals surface area contributed by atoms with Crippen molar-refractivity contribution in [1.82, 2.24) is 0 Å². The van der Waals surface area contributed by atoms with Gasteiger partial charge in [0.2, 0.25) is 11.6 Å². The number of hydrogen-bond acceptors (Lipinski definition) is 4. The summed E-state index contributed by atoms with van der Waals surface area (Å²) in [6.07, 6.45) is 7.14. The van der Waals surface area contributed by atoms with Crippen LogP contribution in [0.1, 0.15) is 62.7 Å². The van der Waals surface area contributed by atoms with Crippen LogP contribution in [0.2, 0.25) is 0 Å². The molecule has 4 aromatic rings. The smallest absolute Gasteiger partial charge is 0.263 e. The van der Waals surface area contributed by atoms with Crippen LogP contribution in [0.3, 0.4) is 0 Å². The quantitative estimate of drug-likeness (QED) is 0.278. The van der Waals surface area contributed by atoms with Crippen molar-refractivity contribution in [1.29, 1.82) is 0 Å². The van der Waals surface area contributed by atoms with Gasteiger partial charge in [0.05, 0.1) is 22.5 Å². The van der Waals surface area contributed by atoms with Gasteiger partial charge in [0.1, 0.15) is 24.5 Å². The zero-order chi connectivity index (χ0) is 28.0. The standard InChI is InChI=1S/C32H26N4O4.CH4/c1-3-33-17-13-21(14-18-33)31(39)35-25-11-7-5-9-23(25)29(37)27(35)28-30(38)24-10-6-8-12-26(24)36(28)32(40)22-15-19-34(4-2)20-16-22;/h5-20H,3-4H2,1-2H3;1H4/q+2;/b28-27+;. The molecule has 0 N–H and O–H groups in total. The number of allylic oxidation sites excluding steroid dienone is 2. The summed E-state index contributed by atoms with van der Waals surface area (Å²) in [6, 6.07) is 20.2. The summed E-state index contributed by atoms with van der Waals surface area (Å²) in [5.74, 6) is -1.92. The number of carbonyl (C=O) groups is 4. The highest BCUT2D eigenvalue weighted by atomic mass is 16.2. The van der Waals surface area contributed by atoms with Gasteiger partial charge in [-0.15, -0.1) is 0 Å². The molecule has 2 aliphatic heterocycles. The van der Waals surface area contributed by atoms with E-state index < -0.39 is 23.4 Å². The summed E-state index contributed by atoms with van der Waals surface area (Å²) >= 11 is 0. The number of carbonyl (C=O) groups excluding carboxylic acids is 4. The molecular weight excluding hydrogens is 516 g/mol. The molecule has 0 unspecified atom stereocenters. The highest BCUT2D eigenvalue weighted by Gasteiger charge is 2.47. The van der Waals surface area contributed by atoms with Crippen LogP contribution in [0.4, 0.5) is 11.4 Å². The van der Waals surface area contributed by atoms with Gasteiger partial charge in [-0.3, -0.25) is 29.0 Å². The third-order valence-corrected chi connectivity index (χ3v) is 7.29. The number of benzene rings is 2. The van der Waals surface area contributed by atoms with Crippen molar-refractivity contribution >= 4 is 34.8 Å². The maximum Gasteiger partial charge on any atom is 0.263 e. The number of Topliss-reactive ketones (excluding diaryl/α,β-unsaturated/α-hetero) is 2. The molecule has 4 heterocycles. The summed E-state index contributed by atoms with van der Waals surface area (Å²) in [4.78, 5) is 58.5. The van der Waals surface area contributed by atoms with Gasteiger partial charge in [-0.25, -0.2) is 9.13 Å². The van der Waals surface area contributed by atoms with Crippen molar-refractivity contribution in [2.45, 2.75) is 34.4 Å². The van der Waals surface area contributed by atoms with Crippen LogP contribution in [0.5, 0.6) is 0 Å². The number of amides is 2. The number of anilines is 2. The lowest BCUT2D eigenvalue weighted by molar-refractivity contribution is -0.693. The molecular formula is C33H30N4O4+2. The lowest BCUT2D eigenvalue weighted by atomic mass is 10.1. The van der Waals surface area contributed by atoms with Gasteiger partial charge < -0.3 is 0 Å². The normalized spacial score (nSPS) is 15.5. The van der Waals surface area contributed by atoms with E-state index in [-0.39, 0.29) is 29.9 Å². The number of nitrogens with zero attached hydrogens (tertiary/aromatic N) is 4. The summed E-state index contributed by atoms with van der Waals surface area (Å²) in [5.41, 5.74) is 1.75. The number of pyridine rings is 2. The molecule has 2 amide bonds. The number of hydrogen-bond donors (Lipinski definition) is 0. The molecule has 0 spiro atoms. The Labute approximate surface area is 238 Å². The Balaban J connectivity index is 0.00000337. The van der Waals surface area contributed by atoms with Crippen LogP contribution in [0.25, 0.3) is 0 Å². The summed E-state index contributed by atoms with van der Waals surface area (Å²) in [6.45, 7) is 5.44. The van der Waals surface area contributed by atoms with E-state index in [1.54, 1.807) is 97.6 Å². The second kappa shape index (κ2) is 10.7. The van der Waals surface area contributed by atoms with Crippen molar-refractivity contribution in [2.75, 3.05) is 9.80 Å². The fraction of sp³-hybridized carbons (Fsp3) is 0.152. The SMILES string of the molecule is C.CC[n+]1ccc(C(=O)N2/C(=C3\C(=O)c4ccccc4N3C(=O)c3cc[n+](CC)cc3)C(=O)c3ccccc32)cc1. The second-order valence-corrected chi connectivity index (χ2v) is 9.51. The molecule has 0 aliphatic carbocycles. The van der Waals surface area contributed by atoms with Gasteiger partial charge in [0.25, 0.3) is 11.8 Å². The predicted molar refractivity (Wildman–Crippen MR) is 154 cm³/mol. The van der Waals surface area contributed by atoms with Gasteiger partial charge >= 0.3 is 0 Å².